The standard InChI is InChI=1S/C11H19N3S/c1-8-5-13-10(15-8)9(2)14-7-11(6-12)3-4-11/h5,9,14H,3-4,6-7,12H2,1-2H3. The quantitative estimate of drug-likeness (QED) is 0.804. The molecule has 3 nitrogen and oxygen atoms in total. The van der Waals surface area contributed by atoms with Crippen LogP contribution in [0.1, 0.15) is 35.7 Å². The summed E-state index contributed by atoms with van der Waals surface area (Å²) in [6.07, 6.45) is 4.49. The lowest BCUT2D eigenvalue weighted by Crippen LogP contribution is -2.31. The fraction of sp³-hybridized carbons (Fsp3) is 0.727. The van der Waals surface area contributed by atoms with Crippen LogP contribution in [0.25, 0.3) is 0 Å². The molecule has 1 aliphatic rings. The van der Waals surface area contributed by atoms with Gasteiger partial charge < -0.3 is 11.1 Å². The zero-order chi connectivity index (χ0) is 10.9. The second-order valence-electron chi connectivity index (χ2n) is 4.62. The molecule has 84 valence electrons. The molecule has 1 unspecified atom stereocenters. The lowest BCUT2D eigenvalue weighted by atomic mass is 10.1. The summed E-state index contributed by atoms with van der Waals surface area (Å²) in [6, 6.07) is 0.354. The molecule has 1 aromatic heterocycles. The van der Waals surface area contributed by atoms with Crippen molar-refractivity contribution in [2.24, 2.45) is 11.1 Å². The monoisotopic (exact) mass is 225 g/mol. The molecule has 0 aromatic carbocycles. The molecule has 1 fully saturated rings. The van der Waals surface area contributed by atoms with Gasteiger partial charge >= 0.3 is 0 Å². The molecule has 1 saturated carbocycles. The van der Waals surface area contributed by atoms with E-state index in [9.17, 15) is 0 Å². The third-order valence-electron chi connectivity index (χ3n) is 3.18. The van der Waals surface area contributed by atoms with Gasteiger partial charge in [-0.2, -0.15) is 0 Å². The maximum Gasteiger partial charge on any atom is 0.109 e. The minimum atomic E-state index is 0.354. The molecule has 1 aliphatic carbocycles. The SMILES string of the molecule is Cc1cnc(C(C)NCC2(CN)CC2)s1. The Hall–Kier alpha value is -0.450. The van der Waals surface area contributed by atoms with Crippen molar-refractivity contribution in [3.05, 3.63) is 16.1 Å². The number of hydrogen-bond acceptors (Lipinski definition) is 4. The minimum Gasteiger partial charge on any atom is -0.330 e. The summed E-state index contributed by atoms with van der Waals surface area (Å²) in [4.78, 5) is 5.66. The number of hydrogen-bond donors (Lipinski definition) is 2. The van der Waals surface area contributed by atoms with Crippen LogP contribution in [-0.2, 0) is 0 Å². The van der Waals surface area contributed by atoms with Gasteiger partial charge in [0.05, 0.1) is 6.04 Å². The van der Waals surface area contributed by atoms with Crippen molar-refractivity contribution in [3.8, 4) is 0 Å². The smallest absolute Gasteiger partial charge is 0.109 e. The molecule has 0 amide bonds. The highest BCUT2D eigenvalue weighted by Crippen LogP contribution is 2.44. The Kier molecular flexibility index (Phi) is 3.09. The Bertz CT molecular complexity index is 330. The molecule has 0 saturated heterocycles. The number of rotatable bonds is 5. The molecular formula is C11H19N3S. The van der Waals surface area contributed by atoms with Crippen LogP contribution in [-0.4, -0.2) is 18.1 Å². The van der Waals surface area contributed by atoms with Gasteiger partial charge in [0.25, 0.3) is 0 Å². The van der Waals surface area contributed by atoms with Gasteiger partial charge in [-0.1, -0.05) is 0 Å². The molecule has 4 heteroatoms. The summed E-state index contributed by atoms with van der Waals surface area (Å²) >= 11 is 1.77. The summed E-state index contributed by atoms with van der Waals surface area (Å²) in [7, 11) is 0. The van der Waals surface area contributed by atoms with Crippen molar-refractivity contribution in [3.63, 3.8) is 0 Å². The second-order valence-corrected chi connectivity index (χ2v) is 5.88. The van der Waals surface area contributed by atoms with E-state index < -0.39 is 0 Å². The third-order valence-corrected chi connectivity index (χ3v) is 4.28. The first-order chi connectivity index (χ1) is 7.15. The van der Waals surface area contributed by atoms with Crippen LogP contribution in [0, 0.1) is 12.3 Å². The van der Waals surface area contributed by atoms with Crippen molar-refractivity contribution in [2.45, 2.75) is 32.7 Å². The fourth-order valence-corrected chi connectivity index (χ4v) is 2.46. The summed E-state index contributed by atoms with van der Waals surface area (Å²) in [5, 5.41) is 4.71. The van der Waals surface area contributed by atoms with Gasteiger partial charge in [0.2, 0.25) is 0 Å². The highest BCUT2D eigenvalue weighted by molar-refractivity contribution is 7.11. The average Bonchev–Trinajstić information content (AvgIpc) is 2.90. The normalized spacial score (nSPS) is 20.2. The van der Waals surface area contributed by atoms with E-state index in [4.69, 9.17) is 5.73 Å². The third kappa shape index (κ3) is 2.56. The molecule has 3 N–H and O–H groups in total. The van der Waals surface area contributed by atoms with Gasteiger partial charge in [0.15, 0.2) is 0 Å². The molecule has 0 aliphatic heterocycles. The summed E-state index contributed by atoms with van der Waals surface area (Å²) in [6.45, 7) is 6.11. The zero-order valence-electron chi connectivity index (χ0n) is 9.42. The van der Waals surface area contributed by atoms with Crippen LogP contribution in [0.3, 0.4) is 0 Å². The number of thiazole rings is 1. The van der Waals surface area contributed by atoms with Crippen LogP contribution in [0.5, 0.6) is 0 Å². The largest absolute Gasteiger partial charge is 0.330 e. The number of nitrogens with zero attached hydrogens (tertiary/aromatic N) is 1. The number of nitrogens with one attached hydrogen (secondary N) is 1. The van der Waals surface area contributed by atoms with Crippen LogP contribution in [0.4, 0.5) is 0 Å². The van der Waals surface area contributed by atoms with Gasteiger partial charge in [-0.05, 0) is 38.6 Å². The predicted molar refractivity (Wildman–Crippen MR) is 64.0 cm³/mol. The van der Waals surface area contributed by atoms with Crippen LogP contribution in [0.2, 0.25) is 0 Å². The van der Waals surface area contributed by atoms with Crippen LogP contribution in [0.15, 0.2) is 6.20 Å². The van der Waals surface area contributed by atoms with Gasteiger partial charge in [0.1, 0.15) is 5.01 Å². The number of aromatic nitrogens is 1. The lowest BCUT2D eigenvalue weighted by Gasteiger charge is -2.17. The number of nitrogens with two attached hydrogens (primary N) is 1. The summed E-state index contributed by atoms with van der Waals surface area (Å²) in [5.41, 5.74) is 6.15. The van der Waals surface area contributed by atoms with E-state index in [1.165, 1.54) is 22.7 Å². The highest BCUT2D eigenvalue weighted by atomic mass is 32.1. The summed E-state index contributed by atoms with van der Waals surface area (Å²) < 4.78 is 0. The first kappa shape index (κ1) is 11.0. The predicted octanol–water partition coefficient (Wildman–Crippen LogP) is 1.84. The van der Waals surface area contributed by atoms with Gasteiger partial charge in [-0.25, -0.2) is 4.98 Å². The van der Waals surface area contributed by atoms with Crippen molar-refractivity contribution in [1.82, 2.24) is 10.3 Å². The van der Waals surface area contributed by atoms with Crippen LogP contribution >= 0.6 is 11.3 Å². The Morgan fingerprint density at radius 3 is 2.87 bits per heavy atom. The van der Waals surface area contributed by atoms with Gasteiger partial charge in [0, 0.05) is 17.6 Å². The van der Waals surface area contributed by atoms with Crippen molar-refractivity contribution < 1.29 is 0 Å². The van der Waals surface area contributed by atoms with E-state index in [0.717, 1.165) is 13.1 Å². The molecule has 1 atom stereocenters. The molecule has 2 rings (SSSR count). The van der Waals surface area contributed by atoms with Gasteiger partial charge in [-0.3, -0.25) is 0 Å². The molecule has 0 bridgehead atoms. The van der Waals surface area contributed by atoms with E-state index >= 15 is 0 Å². The Morgan fingerprint density at radius 2 is 2.40 bits per heavy atom. The lowest BCUT2D eigenvalue weighted by molar-refractivity contribution is 0.434. The van der Waals surface area contributed by atoms with Crippen molar-refractivity contribution >= 4 is 11.3 Å². The van der Waals surface area contributed by atoms with Gasteiger partial charge in [-0.15, -0.1) is 11.3 Å². The van der Waals surface area contributed by atoms with E-state index in [1.54, 1.807) is 11.3 Å². The first-order valence-electron chi connectivity index (χ1n) is 5.51. The second kappa shape index (κ2) is 4.20. The Balaban J connectivity index is 1.85. The molecular weight excluding hydrogens is 206 g/mol. The number of aryl methyl sites for hydroxylation is 1. The Labute approximate surface area is 95.1 Å². The zero-order valence-corrected chi connectivity index (χ0v) is 10.2. The fourth-order valence-electron chi connectivity index (χ4n) is 1.66. The van der Waals surface area contributed by atoms with E-state index in [1.807, 2.05) is 6.20 Å². The molecule has 0 spiro atoms. The maximum absolute atomic E-state index is 5.74. The average molecular weight is 225 g/mol. The van der Waals surface area contributed by atoms with E-state index in [2.05, 4.69) is 24.1 Å². The van der Waals surface area contributed by atoms with E-state index in [-0.39, 0.29) is 0 Å². The first-order valence-corrected chi connectivity index (χ1v) is 6.33. The van der Waals surface area contributed by atoms with Crippen molar-refractivity contribution in [1.29, 1.82) is 0 Å². The van der Waals surface area contributed by atoms with Crippen molar-refractivity contribution in [2.75, 3.05) is 13.1 Å². The molecule has 1 heterocycles. The van der Waals surface area contributed by atoms with Crippen LogP contribution < -0.4 is 11.1 Å². The maximum atomic E-state index is 5.74. The summed E-state index contributed by atoms with van der Waals surface area (Å²) in [5.74, 6) is 0. The Morgan fingerprint density at radius 1 is 1.67 bits per heavy atom. The molecule has 1 aromatic rings. The molecule has 15 heavy (non-hydrogen) atoms. The highest BCUT2D eigenvalue weighted by Gasteiger charge is 2.40. The topological polar surface area (TPSA) is 50.9 Å². The van der Waals surface area contributed by atoms with E-state index in [0.29, 0.717) is 11.5 Å². The minimum absolute atomic E-state index is 0.354. The molecule has 0 radical (unpaired) electrons.